The molecule has 0 aromatic heterocycles. The van der Waals surface area contributed by atoms with Crippen molar-refractivity contribution in [3.8, 4) is 0 Å². The van der Waals surface area contributed by atoms with Crippen molar-refractivity contribution in [2.24, 2.45) is 0 Å². The van der Waals surface area contributed by atoms with Gasteiger partial charge in [0, 0.05) is 19.3 Å². The van der Waals surface area contributed by atoms with Crippen LogP contribution in [-0.2, 0) is 28.6 Å². The fourth-order valence-corrected chi connectivity index (χ4v) is 5.60. The highest BCUT2D eigenvalue weighted by molar-refractivity contribution is 5.71. The Kier molecular flexibility index (Phi) is 45.8. The molecule has 0 aromatic rings. The van der Waals surface area contributed by atoms with Crippen molar-refractivity contribution >= 4 is 17.9 Å². The minimum absolute atomic E-state index is 0.149. The highest BCUT2D eigenvalue weighted by Gasteiger charge is 2.19. The summed E-state index contributed by atoms with van der Waals surface area (Å²) in [4.78, 5) is 37.8. The molecule has 0 aromatic carbocycles. The Morgan fingerprint density at radius 1 is 0.333 bits per heavy atom. The molecule has 0 bridgehead atoms. The lowest BCUT2D eigenvalue weighted by Gasteiger charge is -2.18. The maximum atomic E-state index is 12.7. The average molecular weight is 865 g/mol. The summed E-state index contributed by atoms with van der Waals surface area (Å²) in [6.07, 6.45) is 72.5. The SMILES string of the molecule is CC/C=C/C=C/C=C/CCCCCCCC(=O)OCC(COC(=O)CC/C=C/C/C=C/C/C=C/C/C=C/C/C=C/CC)OC(=O)CC/C=C/C/C=C/C/C=C/C/C=C/C/C=C/CC. The minimum Gasteiger partial charge on any atom is -0.462 e. The molecule has 0 radical (unpaired) electrons. The number of carbonyl (C=O) groups excluding carboxylic acids is 3. The Morgan fingerprint density at radius 2 is 0.683 bits per heavy atom. The maximum Gasteiger partial charge on any atom is 0.306 e. The van der Waals surface area contributed by atoms with Crippen LogP contribution in [0, 0.1) is 0 Å². The summed E-state index contributed by atoms with van der Waals surface area (Å²) in [7, 11) is 0. The predicted octanol–water partition coefficient (Wildman–Crippen LogP) is 15.9. The van der Waals surface area contributed by atoms with Crippen molar-refractivity contribution in [1.29, 1.82) is 0 Å². The molecule has 0 aliphatic heterocycles. The summed E-state index contributed by atoms with van der Waals surface area (Å²) in [5, 5.41) is 0. The molecular weight excluding hydrogens is 781 g/mol. The van der Waals surface area contributed by atoms with Crippen LogP contribution in [0.4, 0.5) is 0 Å². The van der Waals surface area contributed by atoms with Crippen LogP contribution in [0.25, 0.3) is 0 Å². The van der Waals surface area contributed by atoms with E-state index in [0.717, 1.165) is 109 Å². The van der Waals surface area contributed by atoms with Gasteiger partial charge in [0.25, 0.3) is 0 Å². The van der Waals surface area contributed by atoms with Crippen molar-refractivity contribution in [2.75, 3.05) is 13.2 Å². The highest BCUT2D eigenvalue weighted by Crippen LogP contribution is 2.10. The zero-order chi connectivity index (χ0) is 45.8. The number of carbonyl (C=O) groups is 3. The van der Waals surface area contributed by atoms with Crippen LogP contribution >= 0.6 is 0 Å². The molecule has 0 saturated carbocycles. The lowest BCUT2D eigenvalue weighted by atomic mass is 10.1. The molecule has 6 nitrogen and oxygen atoms in total. The fourth-order valence-electron chi connectivity index (χ4n) is 5.60. The quantitative estimate of drug-likeness (QED) is 0.0201. The first-order valence-corrected chi connectivity index (χ1v) is 24.0. The van der Waals surface area contributed by atoms with Gasteiger partial charge in [-0.15, -0.1) is 0 Å². The van der Waals surface area contributed by atoms with Gasteiger partial charge in [0.2, 0.25) is 0 Å². The third-order valence-corrected chi connectivity index (χ3v) is 9.10. The Labute approximate surface area is 384 Å². The standard InChI is InChI=1S/C57H84O6/c1-4-7-10-13-16-19-22-25-27-29-32-35-38-41-44-47-50-56(59)62-53-54(52-61-55(58)49-46-43-40-37-34-31-24-21-18-15-12-9-6-3)63-57(60)51-48-45-42-39-36-33-30-28-26-23-20-17-14-11-8-5-2/h7-12,15-21,24-28,32-33,35-36,41-42,44-45,54H,4-6,13-14,22-23,29-31,34,37-40,43,46-53H2,1-3H3/b10-7+,11-8+,12-9+,18-15+,19-16+,20-17+,24-21+,27-25+,28-26+,35-32+,36-33+,44-41+,45-42+. The molecule has 0 spiro atoms. The first-order valence-electron chi connectivity index (χ1n) is 24.0. The van der Waals surface area contributed by atoms with Crippen molar-refractivity contribution in [3.63, 3.8) is 0 Å². The van der Waals surface area contributed by atoms with Crippen molar-refractivity contribution in [1.82, 2.24) is 0 Å². The number of unbranched alkanes of at least 4 members (excludes halogenated alkanes) is 5. The second-order valence-electron chi connectivity index (χ2n) is 14.9. The third kappa shape index (κ3) is 47.9. The lowest BCUT2D eigenvalue weighted by molar-refractivity contribution is -0.166. The van der Waals surface area contributed by atoms with Gasteiger partial charge in [0.15, 0.2) is 6.10 Å². The van der Waals surface area contributed by atoms with E-state index in [2.05, 4.69) is 148 Å². The number of allylic oxidation sites excluding steroid dienone is 26. The smallest absolute Gasteiger partial charge is 0.306 e. The van der Waals surface area contributed by atoms with Crippen molar-refractivity contribution in [2.45, 2.75) is 168 Å². The Bertz CT molecular complexity index is 1510. The summed E-state index contributed by atoms with van der Waals surface area (Å²) in [5.74, 6) is -1.16. The second kappa shape index (κ2) is 49.7. The number of esters is 3. The van der Waals surface area contributed by atoms with Gasteiger partial charge in [0.05, 0.1) is 0 Å². The van der Waals surface area contributed by atoms with Gasteiger partial charge >= 0.3 is 17.9 Å². The molecule has 0 aliphatic rings. The summed E-state index contributed by atoms with van der Waals surface area (Å²) >= 11 is 0. The molecule has 0 saturated heterocycles. The van der Waals surface area contributed by atoms with Gasteiger partial charge in [-0.1, -0.05) is 198 Å². The van der Waals surface area contributed by atoms with E-state index in [1.54, 1.807) is 0 Å². The van der Waals surface area contributed by atoms with E-state index in [-0.39, 0.29) is 32.0 Å². The van der Waals surface area contributed by atoms with Crippen LogP contribution in [0.3, 0.4) is 0 Å². The normalized spacial score (nSPS) is 13.5. The van der Waals surface area contributed by atoms with E-state index in [1.165, 1.54) is 0 Å². The topological polar surface area (TPSA) is 78.9 Å². The van der Waals surface area contributed by atoms with E-state index in [4.69, 9.17) is 14.2 Å². The van der Waals surface area contributed by atoms with Gasteiger partial charge < -0.3 is 14.2 Å². The number of hydrogen-bond acceptors (Lipinski definition) is 6. The van der Waals surface area contributed by atoms with Gasteiger partial charge in [-0.25, -0.2) is 0 Å². The molecule has 0 N–H and O–H groups in total. The molecule has 1 atom stereocenters. The van der Waals surface area contributed by atoms with Crippen LogP contribution in [0.15, 0.2) is 158 Å². The monoisotopic (exact) mass is 865 g/mol. The maximum absolute atomic E-state index is 12.7. The zero-order valence-electron chi connectivity index (χ0n) is 39.5. The van der Waals surface area contributed by atoms with Gasteiger partial charge in [-0.2, -0.15) is 0 Å². The zero-order valence-corrected chi connectivity index (χ0v) is 39.5. The molecule has 0 aliphatic carbocycles. The minimum atomic E-state index is -0.863. The molecule has 1 unspecified atom stereocenters. The van der Waals surface area contributed by atoms with Crippen LogP contribution in [-0.4, -0.2) is 37.2 Å². The van der Waals surface area contributed by atoms with E-state index >= 15 is 0 Å². The van der Waals surface area contributed by atoms with Crippen LogP contribution in [0.5, 0.6) is 0 Å². The molecule has 0 amide bonds. The summed E-state index contributed by atoms with van der Waals surface area (Å²) in [5.41, 5.74) is 0. The largest absolute Gasteiger partial charge is 0.462 e. The Hall–Kier alpha value is -4.97. The molecule has 0 heterocycles. The fraction of sp³-hybridized carbons (Fsp3) is 0.491. The van der Waals surface area contributed by atoms with Gasteiger partial charge in [-0.3, -0.25) is 14.4 Å². The number of hydrogen-bond donors (Lipinski definition) is 0. The first-order chi connectivity index (χ1) is 31.0. The van der Waals surface area contributed by atoms with Gasteiger partial charge in [0.1, 0.15) is 13.2 Å². The van der Waals surface area contributed by atoms with Crippen molar-refractivity contribution < 1.29 is 28.6 Å². The summed E-state index contributed by atoms with van der Waals surface area (Å²) in [6.45, 7) is 6.09. The van der Waals surface area contributed by atoms with E-state index in [0.29, 0.717) is 19.3 Å². The molecule has 0 fully saturated rings. The highest BCUT2D eigenvalue weighted by atomic mass is 16.6. The molecule has 6 heteroatoms. The Balaban J connectivity index is 4.68. The van der Waals surface area contributed by atoms with Crippen LogP contribution < -0.4 is 0 Å². The number of rotatable bonds is 40. The van der Waals surface area contributed by atoms with Crippen LogP contribution in [0.2, 0.25) is 0 Å². The predicted molar refractivity (Wildman–Crippen MR) is 269 cm³/mol. The van der Waals surface area contributed by atoms with Gasteiger partial charge in [-0.05, 0) is 103 Å². The van der Waals surface area contributed by atoms with Crippen LogP contribution in [0.1, 0.15) is 162 Å². The second-order valence-corrected chi connectivity index (χ2v) is 14.9. The van der Waals surface area contributed by atoms with E-state index in [9.17, 15) is 14.4 Å². The lowest BCUT2D eigenvalue weighted by Crippen LogP contribution is -2.30. The average Bonchev–Trinajstić information content (AvgIpc) is 3.28. The molecule has 348 valence electrons. The molecular formula is C57H84O6. The summed E-state index contributed by atoms with van der Waals surface area (Å²) in [6, 6.07) is 0. The Morgan fingerprint density at radius 3 is 1.13 bits per heavy atom. The number of ether oxygens (including phenoxy) is 3. The summed E-state index contributed by atoms with van der Waals surface area (Å²) < 4.78 is 16.6. The molecule has 63 heavy (non-hydrogen) atoms. The van der Waals surface area contributed by atoms with E-state index in [1.807, 2.05) is 30.4 Å². The first kappa shape index (κ1) is 58.0. The third-order valence-electron chi connectivity index (χ3n) is 9.10. The van der Waals surface area contributed by atoms with E-state index < -0.39 is 18.0 Å². The van der Waals surface area contributed by atoms with Crippen molar-refractivity contribution in [3.05, 3.63) is 158 Å². The molecule has 0 rings (SSSR count).